The molecule has 6 heteroatoms. The molecule has 4 nitrogen and oxygen atoms in total. The van der Waals surface area contributed by atoms with E-state index in [4.69, 9.17) is 23.8 Å². The fourth-order valence-electron chi connectivity index (χ4n) is 2.22. The number of nitrogens with one attached hydrogen (secondary N) is 2. The minimum absolute atomic E-state index is 0.532. The highest BCUT2D eigenvalue weighted by Gasteiger charge is 2.03. The molecule has 0 unspecified atom stereocenters. The maximum Gasteiger partial charge on any atom is 0.175 e. The zero-order chi connectivity index (χ0) is 16.9. The van der Waals surface area contributed by atoms with Crippen LogP contribution in [-0.2, 0) is 6.54 Å². The summed E-state index contributed by atoms with van der Waals surface area (Å²) in [7, 11) is 0. The van der Waals surface area contributed by atoms with Crippen LogP contribution in [0.5, 0.6) is 0 Å². The molecular formula is C18H17ClN4S. The maximum atomic E-state index is 5.90. The van der Waals surface area contributed by atoms with Gasteiger partial charge in [-0.25, -0.2) is 0 Å². The molecule has 1 heterocycles. The monoisotopic (exact) mass is 356 g/mol. The number of halogens is 1. The molecule has 0 saturated carbocycles. The average molecular weight is 357 g/mol. The number of hydrogen-bond acceptors (Lipinski definition) is 2. The maximum absolute atomic E-state index is 5.90. The van der Waals surface area contributed by atoms with Gasteiger partial charge in [-0.15, -0.1) is 0 Å². The Hall–Kier alpha value is -2.37. The van der Waals surface area contributed by atoms with Gasteiger partial charge in [-0.05, 0) is 49.0 Å². The third-order valence-corrected chi connectivity index (χ3v) is 3.91. The summed E-state index contributed by atoms with van der Waals surface area (Å²) in [6.45, 7) is 2.73. The van der Waals surface area contributed by atoms with Gasteiger partial charge in [0.1, 0.15) is 0 Å². The van der Waals surface area contributed by atoms with Crippen molar-refractivity contribution in [3.05, 3.63) is 77.1 Å². The molecule has 122 valence electrons. The van der Waals surface area contributed by atoms with Crippen LogP contribution in [-0.4, -0.2) is 14.9 Å². The summed E-state index contributed by atoms with van der Waals surface area (Å²) >= 11 is 11.2. The smallest absolute Gasteiger partial charge is 0.175 e. The van der Waals surface area contributed by atoms with Gasteiger partial charge in [0.25, 0.3) is 0 Å². The van der Waals surface area contributed by atoms with Crippen LogP contribution >= 0.6 is 23.8 Å². The fraction of sp³-hybridized carbons (Fsp3) is 0.111. The topological polar surface area (TPSA) is 41.9 Å². The molecule has 0 atom stereocenters. The Morgan fingerprint density at radius 2 is 1.71 bits per heavy atom. The highest BCUT2D eigenvalue weighted by atomic mass is 35.5. The van der Waals surface area contributed by atoms with Crippen LogP contribution in [0.2, 0.25) is 5.02 Å². The lowest BCUT2D eigenvalue weighted by molar-refractivity contribution is 0.687. The molecule has 0 spiro atoms. The van der Waals surface area contributed by atoms with E-state index in [0.29, 0.717) is 11.7 Å². The summed E-state index contributed by atoms with van der Waals surface area (Å²) in [5.74, 6) is 0. The summed E-state index contributed by atoms with van der Waals surface area (Å²) in [5.41, 5.74) is 4.14. The van der Waals surface area contributed by atoms with Gasteiger partial charge < -0.3 is 10.6 Å². The zero-order valence-electron chi connectivity index (χ0n) is 13.2. The van der Waals surface area contributed by atoms with Crippen molar-refractivity contribution in [2.45, 2.75) is 13.5 Å². The lowest BCUT2D eigenvalue weighted by Crippen LogP contribution is -2.18. The lowest BCUT2D eigenvalue weighted by Gasteiger charge is -2.09. The molecule has 3 rings (SSSR count). The van der Waals surface area contributed by atoms with E-state index in [2.05, 4.69) is 22.7 Å². The van der Waals surface area contributed by atoms with Gasteiger partial charge in [0.15, 0.2) is 5.11 Å². The normalized spacial score (nSPS) is 10.4. The standard InChI is InChI=1S/C18H17ClN4S/c1-13-2-8-16(9-3-13)21-18(24)22-17-10-20-23(12-17)11-14-4-6-15(19)7-5-14/h2-10,12H,11H2,1H3,(H2,21,22,24). The van der Waals surface area contributed by atoms with Crippen LogP contribution in [0.4, 0.5) is 11.4 Å². The van der Waals surface area contributed by atoms with Crippen molar-refractivity contribution in [3.63, 3.8) is 0 Å². The predicted molar refractivity (Wildman–Crippen MR) is 104 cm³/mol. The second-order valence-electron chi connectivity index (χ2n) is 5.50. The molecule has 3 aromatic rings. The molecule has 0 amide bonds. The van der Waals surface area contributed by atoms with Crippen molar-refractivity contribution >= 4 is 40.3 Å². The summed E-state index contributed by atoms with van der Waals surface area (Å²) in [4.78, 5) is 0. The summed E-state index contributed by atoms with van der Waals surface area (Å²) < 4.78 is 1.85. The molecule has 24 heavy (non-hydrogen) atoms. The number of rotatable bonds is 4. The Bertz CT molecular complexity index is 825. The zero-order valence-corrected chi connectivity index (χ0v) is 14.7. The van der Waals surface area contributed by atoms with Gasteiger partial charge in [-0.1, -0.05) is 41.4 Å². The van der Waals surface area contributed by atoms with E-state index < -0.39 is 0 Å². The van der Waals surface area contributed by atoms with Crippen molar-refractivity contribution in [1.29, 1.82) is 0 Å². The van der Waals surface area contributed by atoms with Crippen molar-refractivity contribution in [3.8, 4) is 0 Å². The first-order valence-corrected chi connectivity index (χ1v) is 8.29. The summed E-state index contributed by atoms with van der Waals surface area (Å²) in [6, 6.07) is 15.8. The molecule has 0 aliphatic rings. The lowest BCUT2D eigenvalue weighted by atomic mass is 10.2. The molecule has 0 radical (unpaired) electrons. The molecule has 0 saturated heterocycles. The van der Waals surface area contributed by atoms with Crippen LogP contribution < -0.4 is 10.6 Å². The molecule has 1 aromatic heterocycles. The Morgan fingerprint density at radius 1 is 1.04 bits per heavy atom. The van der Waals surface area contributed by atoms with Crippen molar-refractivity contribution < 1.29 is 0 Å². The molecule has 0 fully saturated rings. The van der Waals surface area contributed by atoms with Crippen molar-refractivity contribution in [1.82, 2.24) is 9.78 Å². The predicted octanol–water partition coefficient (Wildman–Crippen LogP) is 4.70. The minimum atomic E-state index is 0.532. The Labute approximate surface area is 151 Å². The summed E-state index contributed by atoms with van der Waals surface area (Å²) in [6.07, 6.45) is 3.66. The molecule has 2 aromatic carbocycles. The molecule has 2 N–H and O–H groups in total. The van der Waals surface area contributed by atoms with Crippen molar-refractivity contribution in [2.24, 2.45) is 0 Å². The van der Waals surface area contributed by atoms with E-state index in [1.807, 2.05) is 59.4 Å². The average Bonchev–Trinajstić information content (AvgIpc) is 2.99. The first-order chi connectivity index (χ1) is 11.6. The van der Waals surface area contributed by atoms with E-state index in [1.165, 1.54) is 5.56 Å². The van der Waals surface area contributed by atoms with Gasteiger partial charge in [0.05, 0.1) is 18.4 Å². The van der Waals surface area contributed by atoms with E-state index in [0.717, 1.165) is 22.0 Å². The largest absolute Gasteiger partial charge is 0.332 e. The number of thiocarbonyl (C=S) groups is 1. The van der Waals surface area contributed by atoms with Crippen LogP contribution in [0.1, 0.15) is 11.1 Å². The third-order valence-electron chi connectivity index (χ3n) is 3.46. The van der Waals surface area contributed by atoms with E-state index in [-0.39, 0.29) is 0 Å². The van der Waals surface area contributed by atoms with Crippen LogP contribution in [0.25, 0.3) is 0 Å². The number of benzene rings is 2. The minimum Gasteiger partial charge on any atom is -0.332 e. The van der Waals surface area contributed by atoms with Gasteiger partial charge in [-0.2, -0.15) is 5.10 Å². The second-order valence-corrected chi connectivity index (χ2v) is 6.34. The first-order valence-electron chi connectivity index (χ1n) is 7.50. The number of nitrogens with zero attached hydrogens (tertiary/aromatic N) is 2. The van der Waals surface area contributed by atoms with Crippen LogP contribution in [0.15, 0.2) is 60.9 Å². The molecule has 0 aliphatic heterocycles. The molecule has 0 aliphatic carbocycles. The summed E-state index contributed by atoms with van der Waals surface area (Å²) in [5, 5.41) is 11.9. The second kappa shape index (κ2) is 7.47. The van der Waals surface area contributed by atoms with Crippen LogP contribution in [0.3, 0.4) is 0 Å². The number of anilines is 2. The third kappa shape index (κ3) is 4.57. The fourth-order valence-corrected chi connectivity index (χ4v) is 2.58. The Balaban J connectivity index is 1.58. The van der Waals surface area contributed by atoms with Crippen molar-refractivity contribution in [2.75, 3.05) is 10.6 Å². The van der Waals surface area contributed by atoms with Gasteiger partial charge in [0.2, 0.25) is 0 Å². The SMILES string of the molecule is Cc1ccc(NC(=S)Nc2cnn(Cc3ccc(Cl)cc3)c2)cc1. The Kier molecular flexibility index (Phi) is 5.13. The van der Waals surface area contributed by atoms with Gasteiger partial charge >= 0.3 is 0 Å². The highest BCUT2D eigenvalue weighted by molar-refractivity contribution is 7.80. The van der Waals surface area contributed by atoms with Gasteiger partial charge in [0, 0.05) is 16.9 Å². The molecule has 0 bridgehead atoms. The van der Waals surface area contributed by atoms with E-state index in [1.54, 1.807) is 6.20 Å². The van der Waals surface area contributed by atoms with E-state index >= 15 is 0 Å². The highest BCUT2D eigenvalue weighted by Crippen LogP contribution is 2.13. The number of aryl methyl sites for hydroxylation is 1. The van der Waals surface area contributed by atoms with Gasteiger partial charge in [-0.3, -0.25) is 4.68 Å². The van der Waals surface area contributed by atoms with Crippen LogP contribution in [0, 0.1) is 6.92 Å². The number of aromatic nitrogens is 2. The molecular weight excluding hydrogens is 340 g/mol. The first kappa shape index (κ1) is 16.5. The van der Waals surface area contributed by atoms with E-state index in [9.17, 15) is 0 Å². The quantitative estimate of drug-likeness (QED) is 0.665. The number of hydrogen-bond donors (Lipinski definition) is 2. The Morgan fingerprint density at radius 3 is 2.42 bits per heavy atom.